The summed E-state index contributed by atoms with van der Waals surface area (Å²) in [7, 11) is 1.83. The fourth-order valence-electron chi connectivity index (χ4n) is 3.06. The molecule has 136 valence electrons. The molecule has 0 saturated heterocycles. The van der Waals surface area contributed by atoms with Crippen LogP contribution in [0.3, 0.4) is 0 Å². The zero-order valence-corrected chi connectivity index (χ0v) is 15.4. The summed E-state index contributed by atoms with van der Waals surface area (Å²) in [5.41, 5.74) is 3.44. The summed E-state index contributed by atoms with van der Waals surface area (Å²) < 4.78 is 5.20. The number of rotatable bonds is 4. The molecule has 0 radical (unpaired) electrons. The summed E-state index contributed by atoms with van der Waals surface area (Å²) in [6.07, 6.45) is -1.41. The van der Waals surface area contributed by atoms with Crippen molar-refractivity contribution >= 4 is 22.9 Å². The Morgan fingerprint density at radius 3 is 2.59 bits per heavy atom. The molecule has 6 nitrogen and oxygen atoms in total. The highest BCUT2D eigenvalue weighted by atomic mass is 16.7. The van der Waals surface area contributed by atoms with Gasteiger partial charge in [-0.3, -0.25) is 0 Å². The summed E-state index contributed by atoms with van der Waals surface area (Å²) in [6, 6.07) is 15.0. The number of nitriles is 1. The SMILES string of the molecule is CCN(C)c1nc2c(C)cc(C#N)cc2c(-c2ccccc2)c1OC(=O)O. The van der Waals surface area contributed by atoms with Crippen LogP contribution < -0.4 is 9.64 Å². The van der Waals surface area contributed by atoms with Crippen LogP contribution in [0, 0.1) is 18.3 Å². The van der Waals surface area contributed by atoms with Gasteiger partial charge >= 0.3 is 6.16 Å². The predicted octanol–water partition coefficient (Wildman–Crippen LogP) is 4.59. The first-order valence-electron chi connectivity index (χ1n) is 8.52. The first kappa shape index (κ1) is 18.2. The molecule has 0 spiro atoms. The molecule has 0 aliphatic rings. The smallest absolute Gasteiger partial charge is 0.449 e. The third-order valence-corrected chi connectivity index (χ3v) is 4.43. The molecular formula is C21H19N3O3. The Morgan fingerprint density at radius 1 is 1.30 bits per heavy atom. The molecule has 1 N–H and O–H groups in total. The lowest BCUT2D eigenvalue weighted by Crippen LogP contribution is -2.20. The molecule has 3 aromatic rings. The number of benzene rings is 2. The van der Waals surface area contributed by atoms with E-state index in [4.69, 9.17) is 4.74 Å². The number of hydrogen-bond donors (Lipinski definition) is 1. The summed E-state index contributed by atoms with van der Waals surface area (Å²) in [5.74, 6) is 0.610. The van der Waals surface area contributed by atoms with Gasteiger partial charge in [0.25, 0.3) is 0 Å². The van der Waals surface area contributed by atoms with Crippen LogP contribution in [-0.4, -0.2) is 29.8 Å². The molecule has 0 aliphatic carbocycles. The van der Waals surface area contributed by atoms with Crippen LogP contribution in [-0.2, 0) is 0 Å². The first-order chi connectivity index (χ1) is 13.0. The van der Waals surface area contributed by atoms with Gasteiger partial charge in [0.2, 0.25) is 0 Å². The van der Waals surface area contributed by atoms with Crippen LogP contribution in [0.4, 0.5) is 10.6 Å². The van der Waals surface area contributed by atoms with E-state index in [1.54, 1.807) is 12.1 Å². The fourth-order valence-corrected chi connectivity index (χ4v) is 3.06. The van der Waals surface area contributed by atoms with Crippen molar-refractivity contribution in [3.05, 3.63) is 53.6 Å². The van der Waals surface area contributed by atoms with Crippen molar-refractivity contribution in [2.45, 2.75) is 13.8 Å². The molecule has 0 aliphatic heterocycles. The van der Waals surface area contributed by atoms with Crippen molar-refractivity contribution < 1.29 is 14.6 Å². The summed E-state index contributed by atoms with van der Waals surface area (Å²) in [4.78, 5) is 17.9. The second-order valence-corrected chi connectivity index (χ2v) is 6.19. The topological polar surface area (TPSA) is 86.5 Å². The zero-order valence-electron chi connectivity index (χ0n) is 15.4. The lowest BCUT2D eigenvalue weighted by molar-refractivity contribution is 0.144. The lowest BCUT2D eigenvalue weighted by atomic mass is 9.96. The monoisotopic (exact) mass is 361 g/mol. The third-order valence-electron chi connectivity index (χ3n) is 4.43. The minimum atomic E-state index is -1.41. The zero-order chi connectivity index (χ0) is 19.6. The number of ether oxygens (including phenoxy) is 1. The van der Waals surface area contributed by atoms with E-state index < -0.39 is 6.16 Å². The number of aryl methyl sites for hydroxylation is 1. The number of carboxylic acid groups (broad SMARTS) is 1. The Labute approximate surface area is 157 Å². The van der Waals surface area contributed by atoms with Crippen molar-refractivity contribution in [1.29, 1.82) is 5.26 Å². The van der Waals surface area contributed by atoms with E-state index in [-0.39, 0.29) is 5.75 Å². The number of aromatic nitrogens is 1. The molecule has 3 rings (SSSR count). The highest BCUT2D eigenvalue weighted by Gasteiger charge is 2.23. The van der Waals surface area contributed by atoms with E-state index in [9.17, 15) is 15.2 Å². The van der Waals surface area contributed by atoms with Gasteiger partial charge in [0.05, 0.1) is 17.1 Å². The van der Waals surface area contributed by atoms with E-state index >= 15 is 0 Å². The maximum atomic E-state index is 11.4. The van der Waals surface area contributed by atoms with Crippen molar-refractivity contribution in [2.24, 2.45) is 0 Å². The van der Waals surface area contributed by atoms with Crippen LogP contribution in [0.2, 0.25) is 0 Å². The highest BCUT2D eigenvalue weighted by molar-refractivity contribution is 6.03. The number of pyridine rings is 1. The van der Waals surface area contributed by atoms with Gasteiger partial charge in [-0.25, -0.2) is 9.78 Å². The number of carbonyl (C=O) groups is 1. The van der Waals surface area contributed by atoms with Gasteiger partial charge in [-0.1, -0.05) is 30.3 Å². The molecule has 0 atom stereocenters. The second kappa shape index (κ2) is 7.34. The van der Waals surface area contributed by atoms with Crippen molar-refractivity contribution in [3.8, 4) is 22.9 Å². The van der Waals surface area contributed by atoms with E-state index in [2.05, 4.69) is 11.1 Å². The molecular weight excluding hydrogens is 342 g/mol. The molecule has 1 aromatic heterocycles. The van der Waals surface area contributed by atoms with Gasteiger partial charge in [-0.2, -0.15) is 5.26 Å². The highest BCUT2D eigenvalue weighted by Crippen LogP contribution is 2.43. The van der Waals surface area contributed by atoms with Gasteiger partial charge < -0.3 is 14.7 Å². The molecule has 27 heavy (non-hydrogen) atoms. The first-order valence-corrected chi connectivity index (χ1v) is 8.52. The van der Waals surface area contributed by atoms with E-state index in [0.717, 1.165) is 11.1 Å². The summed E-state index contributed by atoms with van der Waals surface area (Å²) >= 11 is 0. The second-order valence-electron chi connectivity index (χ2n) is 6.19. The van der Waals surface area contributed by atoms with E-state index in [1.165, 1.54) is 0 Å². The molecule has 6 heteroatoms. The molecule has 1 heterocycles. The average Bonchev–Trinajstić information content (AvgIpc) is 2.67. The fraction of sp³-hybridized carbons (Fsp3) is 0.190. The maximum absolute atomic E-state index is 11.4. The van der Waals surface area contributed by atoms with Gasteiger partial charge in [-0.15, -0.1) is 0 Å². The van der Waals surface area contributed by atoms with Gasteiger partial charge in [0.15, 0.2) is 11.6 Å². The third kappa shape index (κ3) is 3.40. The number of fused-ring (bicyclic) bond motifs is 1. The molecule has 0 amide bonds. The quantitative estimate of drug-likeness (QED) is 0.684. The van der Waals surface area contributed by atoms with Gasteiger partial charge in [-0.05, 0) is 37.1 Å². The number of hydrogen-bond acceptors (Lipinski definition) is 5. The number of nitrogens with zero attached hydrogens (tertiary/aromatic N) is 3. The lowest BCUT2D eigenvalue weighted by Gasteiger charge is -2.23. The normalized spacial score (nSPS) is 10.4. The van der Waals surface area contributed by atoms with E-state index in [0.29, 0.717) is 34.4 Å². The van der Waals surface area contributed by atoms with E-state index in [1.807, 2.05) is 56.1 Å². The Kier molecular flexibility index (Phi) is 4.95. The largest absolute Gasteiger partial charge is 0.511 e. The Balaban J connectivity index is 2.52. The minimum absolute atomic E-state index is 0.167. The van der Waals surface area contributed by atoms with Crippen LogP contribution in [0.1, 0.15) is 18.1 Å². The van der Waals surface area contributed by atoms with Crippen LogP contribution in [0.5, 0.6) is 5.75 Å². The van der Waals surface area contributed by atoms with Gasteiger partial charge in [0, 0.05) is 24.5 Å². The maximum Gasteiger partial charge on any atom is 0.511 e. The Morgan fingerprint density at radius 2 is 2.00 bits per heavy atom. The molecule has 0 bridgehead atoms. The minimum Gasteiger partial charge on any atom is -0.449 e. The van der Waals surface area contributed by atoms with Crippen LogP contribution in [0.15, 0.2) is 42.5 Å². The molecule has 0 unspecified atom stereocenters. The molecule has 0 fully saturated rings. The van der Waals surface area contributed by atoms with Gasteiger partial charge in [0.1, 0.15) is 0 Å². The Bertz CT molecular complexity index is 1060. The predicted molar refractivity (Wildman–Crippen MR) is 104 cm³/mol. The molecule has 2 aromatic carbocycles. The van der Waals surface area contributed by atoms with Crippen molar-refractivity contribution in [1.82, 2.24) is 4.98 Å². The number of anilines is 1. The standard InChI is InChI=1S/C21H19N3O3/c1-4-24(3)20-19(27-21(25)26)17(15-8-6-5-7-9-15)16-11-14(12-22)10-13(2)18(16)23-20/h5-11H,4H2,1-3H3,(H,25,26). The summed E-state index contributed by atoms with van der Waals surface area (Å²) in [6.45, 7) is 4.46. The summed E-state index contributed by atoms with van der Waals surface area (Å²) in [5, 5.41) is 19.4. The van der Waals surface area contributed by atoms with Crippen LogP contribution >= 0.6 is 0 Å². The average molecular weight is 361 g/mol. The van der Waals surface area contributed by atoms with Crippen LogP contribution in [0.25, 0.3) is 22.0 Å². The van der Waals surface area contributed by atoms with Crippen molar-refractivity contribution in [2.75, 3.05) is 18.5 Å². The molecule has 0 saturated carbocycles. The Hall–Kier alpha value is -3.59. The van der Waals surface area contributed by atoms with Crippen molar-refractivity contribution in [3.63, 3.8) is 0 Å².